The highest BCUT2D eigenvalue weighted by Gasteiger charge is 2.31. The van der Waals surface area contributed by atoms with Gasteiger partial charge >= 0.3 is 0 Å². The molecule has 35 heavy (non-hydrogen) atoms. The average molecular weight is 563 g/mol. The van der Waals surface area contributed by atoms with Crippen molar-refractivity contribution in [1.29, 1.82) is 0 Å². The standard InChI is InChI=1S/C29H27Cl4NS/c1-15(2)25-13-26(16(3)4)28(20-9-23(32)12-24(33)10-20)29(34-14-35-18(6)17(34)5)27(25)19-7-21(30)11-22(31)8-19/h7-13,15-16H,1-6H3. The van der Waals surface area contributed by atoms with Gasteiger partial charge in [-0.05, 0) is 84.3 Å². The minimum absolute atomic E-state index is 0.261. The summed E-state index contributed by atoms with van der Waals surface area (Å²) in [6.45, 7) is 13.1. The Labute approximate surface area is 233 Å². The van der Waals surface area contributed by atoms with Crippen molar-refractivity contribution in [2.45, 2.75) is 53.4 Å². The van der Waals surface area contributed by atoms with Crippen LogP contribution in [-0.2, 0) is 0 Å². The molecule has 4 rings (SSSR count). The van der Waals surface area contributed by atoms with E-state index in [1.807, 2.05) is 24.3 Å². The van der Waals surface area contributed by atoms with Crippen LogP contribution < -0.4 is 4.90 Å². The van der Waals surface area contributed by atoms with E-state index in [0.717, 1.165) is 33.6 Å². The number of hydrogen-bond acceptors (Lipinski definition) is 2. The van der Waals surface area contributed by atoms with Gasteiger partial charge in [-0.25, -0.2) is 0 Å². The Balaban J connectivity index is 2.24. The third-order valence-electron chi connectivity index (χ3n) is 6.27. The van der Waals surface area contributed by atoms with Gasteiger partial charge < -0.3 is 4.90 Å². The molecule has 0 saturated carbocycles. The van der Waals surface area contributed by atoms with Gasteiger partial charge in [0.25, 0.3) is 0 Å². The summed E-state index contributed by atoms with van der Waals surface area (Å²) in [5.41, 5.74) is 8.73. The number of halogens is 4. The molecule has 182 valence electrons. The van der Waals surface area contributed by atoms with Crippen LogP contribution >= 0.6 is 58.2 Å². The molecule has 0 fully saturated rings. The average Bonchev–Trinajstić information content (AvgIpc) is 3.08. The van der Waals surface area contributed by atoms with E-state index in [1.54, 1.807) is 23.9 Å². The number of anilines is 1. The van der Waals surface area contributed by atoms with Crippen LogP contribution in [0.2, 0.25) is 20.1 Å². The zero-order valence-electron chi connectivity index (χ0n) is 20.6. The van der Waals surface area contributed by atoms with Gasteiger partial charge in [-0.15, -0.1) is 0 Å². The predicted molar refractivity (Wildman–Crippen MR) is 157 cm³/mol. The van der Waals surface area contributed by atoms with Crippen molar-refractivity contribution in [2.75, 3.05) is 4.90 Å². The molecule has 0 aliphatic carbocycles. The van der Waals surface area contributed by atoms with Crippen molar-refractivity contribution in [3.8, 4) is 22.3 Å². The maximum Gasteiger partial charge on any atom is 0.169 e. The van der Waals surface area contributed by atoms with Gasteiger partial charge in [0.15, 0.2) is 5.88 Å². The van der Waals surface area contributed by atoms with E-state index in [0.29, 0.717) is 20.1 Å². The molecule has 1 aliphatic rings. The van der Waals surface area contributed by atoms with Crippen LogP contribution in [0.3, 0.4) is 0 Å². The van der Waals surface area contributed by atoms with Crippen LogP contribution in [0, 0.1) is 5.88 Å². The fourth-order valence-corrected chi connectivity index (χ4v) is 6.22. The quantitative estimate of drug-likeness (QED) is 0.304. The van der Waals surface area contributed by atoms with Crippen LogP contribution in [-0.4, -0.2) is 0 Å². The lowest BCUT2D eigenvalue weighted by Crippen LogP contribution is -2.17. The van der Waals surface area contributed by atoms with E-state index in [9.17, 15) is 0 Å². The third kappa shape index (κ3) is 5.38. The molecule has 0 spiro atoms. The second-order valence-electron chi connectivity index (χ2n) is 9.45. The SMILES string of the molecule is CC1=C(C)N(c2c(-c3cc(Cl)cc(Cl)c3)c(C(C)C)cc(C(C)C)c2-c2cc(Cl)cc(Cl)c2)[C]S1. The van der Waals surface area contributed by atoms with Crippen molar-refractivity contribution in [1.82, 2.24) is 0 Å². The van der Waals surface area contributed by atoms with Crippen molar-refractivity contribution < 1.29 is 0 Å². The normalized spacial score (nSPS) is 14.1. The first-order valence-electron chi connectivity index (χ1n) is 11.5. The molecule has 0 saturated heterocycles. The smallest absolute Gasteiger partial charge is 0.169 e. The van der Waals surface area contributed by atoms with E-state index < -0.39 is 0 Å². The van der Waals surface area contributed by atoms with Crippen LogP contribution in [0.15, 0.2) is 53.1 Å². The molecular formula is C29H27Cl4NS. The Morgan fingerprint density at radius 3 is 1.37 bits per heavy atom. The van der Waals surface area contributed by atoms with E-state index in [4.69, 9.17) is 46.4 Å². The number of thioether (sulfide) groups is 1. The summed E-state index contributed by atoms with van der Waals surface area (Å²) < 4.78 is 0. The van der Waals surface area contributed by atoms with Gasteiger partial charge in [0.1, 0.15) is 0 Å². The molecule has 1 aliphatic heterocycles. The van der Waals surface area contributed by atoms with Gasteiger partial charge in [0.05, 0.1) is 5.69 Å². The van der Waals surface area contributed by atoms with Crippen molar-refractivity contribution in [3.63, 3.8) is 0 Å². The minimum Gasteiger partial charge on any atom is -0.322 e. The highest BCUT2D eigenvalue weighted by molar-refractivity contribution is 8.05. The zero-order valence-corrected chi connectivity index (χ0v) is 24.4. The number of benzene rings is 3. The number of rotatable bonds is 5. The fraction of sp³-hybridized carbons (Fsp3) is 0.276. The molecule has 1 nitrogen and oxygen atoms in total. The zero-order chi connectivity index (χ0) is 25.6. The molecular weight excluding hydrogens is 536 g/mol. The lowest BCUT2D eigenvalue weighted by Gasteiger charge is -2.31. The maximum absolute atomic E-state index is 6.51. The summed E-state index contributed by atoms with van der Waals surface area (Å²) in [6, 6.07) is 13.8. The molecule has 1 heterocycles. The van der Waals surface area contributed by atoms with Gasteiger partial charge in [-0.1, -0.05) is 91.9 Å². The summed E-state index contributed by atoms with van der Waals surface area (Å²) in [5.74, 6) is 4.05. The Kier molecular flexibility index (Phi) is 8.10. The van der Waals surface area contributed by atoms with Crippen LogP contribution in [0.5, 0.6) is 0 Å². The Morgan fingerprint density at radius 1 is 0.657 bits per heavy atom. The molecule has 6 heteroatoms. The molecule has 0 amide bonds. The number of allylic oxidation sites excluding steroid dienone is 2. The molecule has 2 radical (unpaired) electrons. The van der Waals surface area contributed by atoms with Gasteiger partial charge in [0.2, 0.25) is 0 Å². The molecule has 0 N–H and O–H groups in total. The maximum atomic E-state index is 6.51. The van der Waals surface area contributed by atoms with Crippen LogP contribution in [0.25, 0.3) is 22.3 Å². The molecule has 3 aromatic carbocycles. The largest absolute Gasteiger partial charge is 0.322 e. The Bertz CT molecular complexity index is 1200. The number of nitrogens with zero attached hydrogens (tertiary/aromatic N) is 1. The highest BCUT2D eigenvalue weighted by Crippen LogP contribution is 2.53. The molecule has 3 aromatic rings. The van der Waals surface area contributed by atoms with Gasteiger partial charge in [0, 0.05) is 41.8 Å². The topological polar surface area (TPSA) is 3.24 Å². The van der Waals surface area contributed by atoms with E-state index in [1.165, 1.54) is 16.0 Å². The molecule has 0 bridgehead atoms. The molecule has 0 unspecified atom stereocenters. The lowest BCUT2D eigenvalue weighted by atomic mass is 9.81. The molecule has 0 atom stereocenters. The van der Waals surface area contributed by atoms with E-state index in [-0.39, 0.29) is 11.8 Å². The Hall–Kier alpha value is -1.29. The molecule has 0 aromatic heterocycles. The van der Waals surface area contributed by atoms with Gasteiger partial charge in [-0.3, -0.25) is 0 Å². The summed E-state index contributed by atoms with van der Waals surface area (Å²) in [4.78, 5) is 3.38. The van der Waals surface area contributed by atoms with Crippen molar-refractivity contribution >= 4 is 63.9 Å². The second-order valence-corrected chi connectivity index (χ2v) is 12.2. The number of hydrogen-bond donors (Lipinski definition) is 0. The lowest BCUT2D eigenvalue weighted by molar-refractivity contribution is 0.836. The van der Waals surface area contributed by atoms with E-state index in [2.05, 4.69) is 58.4 Å². The first-order chi connectivity index (χ1) is 16.5. The summed E-state index contributed by atoms with van der Waals surface area (Å²) in [5, 5.41) is 2.39. The highest BCUT2D eigenvalue weighted by atomic mass is 35.5. The Morgan fingerprint density at radius 2 is 1.06 bits per heavy atom. The second kappa shape index (κ2) is 10.6. The third-order valence-corrected chi connectivity index (χ3v) is 8.02. The summed E-state index contributed by atoms with van der Waals surface area (Å²) in [7, 11) is 0. The van der Waals surface area contributed by atoms with Crippen molar-refractivity contribution in [3.05, 3.63) is 90.2 Å². The first-order valence-corrected chi connectivity index (χ1v) is 13.8. The summed E-state index contributed by atoms with van der Waals surface area (Å²) >= 11 is 27.7. The monoisotopic (exact) mass is 561 g/mol. The fourth-order valence-electron chi connectivity index (χ4n) is 4.47. The minimum atomic E-state index is 0.261. The first kappa shape index (κ1) is 26.8. The summed E-state index contributed by atoms with van der Waals surface area (Å²) in [6.07, 6.45) is 0. The van der Waals surface area contributed by atoms with Gasteiger partial charge in [-0.2, -0.15) is 0 Å². The van der Waals surface area contributed by atoms with Crippen LogP contribution in [0.4, 0.5) is 5.69 Å². The van der Waals surface area contributed by atoms with Crippen LogP contribution in [0.1, 0.15) is 64.5 Å². The van der Waals surface area contributed by atoms with E-state index >= 15 is 0 Å². The van der Waals surface area contributed by atoms with Crippen molar-refractivity contribution in [2.24, 2.45) is 0 Å². The predicted octanol–water partition coefficient (Wildman–Crippen LogP) is 11.7.